The number of anilines is 1. The number of nitrogens with one attached hydrogen (secondary N) is 3. The number of nitro benzene ring substituents is 1. The summed E-state index contributed by atoms with van der Waals surface area (Å²) >= 11 is 3.47. The van der Waals surface area contributed by atoms with Gasteiger partial charge in [-0.1, -0.05) is 34.1 Å². The highest BCUT2D eigenvalue weighted by Crippen LogP contribution is 2.22. The molecular weight excluding hydrogens is 388 g/mol. The van der Waals surface area contributed by atoms with E-state index in [4.69, 9.17) is 0 Å². The molecule has 0 spiro atoms. The van der Waals surface area contributed by atoms with Crippen molar-refractivity contribution in [1.82, 2.24) is 10.6 Å². The van der Waals surface area contributed by atoms with E-state index in [9.17, 15) is 14.9 Å². The summed E-state index contributed by atoms with van der Waals surface area (Å²) in [6.45, 7) is 2.84. The Balaban J connectivity index is 1.71. The lowest BCUT2D eigenvalue weighted by Crippen LogP contribution is -2.39. The van der Waals surface area contributed by atoms with Gasteiger partial charge in [0.2, 0.25) is 0 Å². The Labute approximate surface area is 154 Å². The van der Waals surface area contributed by atoms with Crippen molar-refractivity contribution in [3.63, 3.8) is 0 Å². The van der Waals surface area contributed by atoms with Gasteiger partial charge in [-0.25, -0.2) is 4.79 Å². The smallest absolute Gasteiger partial charge is 0.315 e. The monoisotopic (exact) mass is 406 g/mol. The van der Waals surface area contributed by atoms with Gasteiger partial charge in [-0.15, -0.1) is 0 Å². The zero-order valence-corrected chi connectivity index (χ0v) is 15.2. The van der Waals surface area contributed by atoms with Crippen molar-refractivity contribution >= 4 is 33.3 Å². The molecule has 0 aromatic heterocycles. The molecule has 3 N–H and O–H groups in total. The van der Waals surface area contributed by atoms with Crippen molar-refractivity contribution < 1.29 is 9.72 Å². The number of hydrogen-bond donors (Lipinski definition) is 3. The maximum atomic E-state index is 11.9. The van der Waals surface area contributed by atoms with Crippen LogP contribution in [0, 0.1) is 10.1 Å². The Hall–Kier alpha value is -2.61. The number of non-ortho nitro benzene ring substituents is 1. The molecule has 0 heterocycles. The van der Waals surface area contributed by atoms with Crippen molar-refractivity contribution in [2.24, 2.45) is 0 Å². The minimum Gasteiger partial charge on any atom is -0.383 e. The number of amides is 2. The second-order valence-corrected chi connectivity index (χ2v) is 6.23. The highest BCUT2D eigenvalue weighted by atomic mass is 79.9. The number of rotatable bonds is 7. The van der Waals surface area contributed by atoms with E-state index in [0.29, 0.717) is 13.1 Å². The molecule has 132 valence electrons. The minimum atomic E-state index is -0.443. The molecule has 2 amide bonds. The summed E-state index contributed by atoms with van der Waals surface area (Å²) < 4.78 is 0.947. The molecule has 0 aliphatic carbocycles. The van der Waals surface area contributed by atoms with Crippen LogP contribution in [-0.4, -0.2) is 24.0 Å². The minimum absolute atomic E-state index is 0.0455. The Bertz CT molecular complexity index is 737. The maximum absolute atomic E-state index is 11.9. The van der Waals surface area contributed by atoms with Gasteiger partial charge in [0.15, 0.2) is 0 Å². The van der Waals surface area contributed by atoms with Crippen LogP contribution in [0.4, 0.5) is 16.2 Å². The van der Waals surface area contributed by atoms with Gasteiger partial charge in [-0.2, -0.15) is 0 Å². The number of nitro groups is 1. The summed E-state index contributed by atoms with van der Waals surface area (Å²) in [6, 6.07) is 13.5. The molecule has 0 aliphatic heterocycles. The van der Waals surface area contributed by atoms with Crippen molar-refractivity contribution in [2.45, 2.75) is 13.0 Å². The molecule has 2 aromatic rings. The van der Waals surface area contributed by atoms with Gasteiger partial charge in [-0.05, 0) is 30.7 Å². The second-order valence-electron chi connectivity index (χ2n) is 5.37. The average molecular weight is 407 g/mol. The van der Waals surface area contributed by atoms with Crippen LogP contribution < -0.4 is 16.0 Å². The van der Waals surface area contributed by atoms with Crippen LogP contribution in [0.3, 0.4) is 0 Å². The third-order valence-electron chi connectivity index (χ3n) is 3.54. The van der Waals surface area contributed by atoms with Gasteiger partial charge in [0, 0.05) is 35.4 Å². The van der Waals surface area contributed by atoms with Crippen LogP contribution in [0.5, 0.6) is 0 Å². The quantitative estimate of drug-likeness (QED) is 0.369. The molecular formula is C17H19BrN4O3. The molecule has 0 unspecified atom stereocenters. The van der Waals surface area contributed by atoms with Gasteiger partial charge in [0.05, 0.1) is 11.0 Å². The first kappa shape index (κ1) is 18.7. The first-order valence-corrected chi connectivity index (χ1v) is 8.54. The molecule has 7 nitrogen and oxygen atoms in total. The summed E-state index contributed by atoms with van der Waals surface area (Å²) in [5, 5.41) is 19.3. The van der Waals surface area contributed by atoms with E-state index in [1.165, 1.54) is 12.1 Å². The first-order valence-electron chi connectivity index (χ1n) is 7.74. The van der Waals surface area contributed by atoms with Gasteiger partial charge in [-0.3, -0.25) is 10.1 Å². The lowest BCUT2D eigenvalue weighted by Gasteiger charge is -2.16. The fraction of sp³-hybridized carbons (Fsp3) is 0.235. The first-order chi connectivity index (χ1) is 12.0. The van der Waals surface area contributed by atoms with Gasteiger partial charge in [0.1, 0.15) is 0 Å². The summed E-state index contributed by atoms with van der Waals surface area (Å²) in [7, 11) is 0. The summed E-state index contributed by atoms with van der Waals surface area (Å²) in [4.78, 5) is 22.1. The van der Waals surface area contributed by atoms with Crippen LogP contribution in [0.1, 0.15) is 18.5 Å². The number of halogens is 1. The number of carbonyl (C=O) groups excluding carboxylic acids is 1. The van der Waals surface area contributed by atoms with Crippen molar-refractivity contribution in [2.75, 3.05) is 18.4 Å². The van der Waals surface area contributed by atoms with Crippen LogP contribution in [0.25, 0.3) is 0 Å². The molecule has 1 atom stereocenters. The highest BCUT2D eigenvalue weighted by Gasteiger charge is 2.11. The van der Waals surface area contributed by atoms with Crippen LogP contribution in [0.15, 0.2) is 53.0 Å². The number of benzene rings is 2. The highest BCUT2D eigenvalue weighted by molar-refractivity contribution is 9.10. The summed E-state index contributed by atoms with van der Waals surface area (Å²) in [6.07, 6.45) is 0. The van der Waals surface area contributed by atoms with E-state index in [0.717, 1.165) is 15.7 Å². The van der Waals surface area contributed by atoms with Crippen molar-refractivity contribution in [3.05, 3.63) is 68.7 Å². The lowest BCUT2D eigenvalue weighted by molar-refractivity contribution is -0.384. The number of nitrogens with zero attached hydrogens (tertiary/aromatic N) is 1. The Morgan fingerprint density at radius 3 is 2.48 bits per heavy atom. The third kappa shape index (κ3) is 5.75. The fourth-order valence-corrected chi connectivity index (χ4v) is 2.86. The molecule has 0 radical (unpaired) electrons. The standard InChI is InChI=1S/C17H19BrN4O3/c1-12(15-4-2-3-5-16(15)18)21-17(23)20-11-10-19-13-6-8-14(9-7-13)22(24)25/h2-9,12,19H,10-11H2,1H3,(H2,20,21,23)/t12-/m0/s1. The summed E-state index contributed by atoms with van der Waals surface area (Å²) in [5.41, 5.74) is 1.81. The largest absolute Gasteiger partial charge is 0.383 e. The number of hydrogen-bond acceptors (Lipinski definition) is 4. The SMILES string of the molecule is C[C@H](NC(=O)NCCNc1ccc([N+](=O)[O-])cc1)c1ccccc1Br. The summed E-state index contributed by atoms with van der Waals surface area (Å²) in [5.74, 6) is 0. The van der Waals surface area contributed by atoms with Gasteiger partial charge in [0.25, 0.3) is 5.69 Å². The van der Waals surface area contributed by atoms with E-state index >= 15 is 0 Å². The van der Waals surface area contributed by atoms with E-state index < -0.39 is 4.92 Å². The van der Waals surface area contributed by atoms with Crippen molar-refractivity contribution in [1.29, 1.82) is 0 Å². The Morgan fingerprint density at radius 1 is 1.16 bits per heavy atom. The van der Waals surface area contributed by atoms with Crippen molar-refractivity contribution in [3.8, 4) is 0 Å². The van der Waals surface area contributed by atoms with E-state index in [2.05, 4.69) is 31.9 Å². The molecule has 0 saturated carbocycles. The van der Waals surface area contributed by atoms with Gasteiger partial charge < -0.3 is 16.0 Å². The van der Waals surface area contributed by atoms with E-state index in [1.807, 2.05) is 31.2 Å². The second kappa shape index (κ2) is 9.03. The van der Waals surface area contributed by atoms with Crippen LogP contribution in [-0.2, 0) is 0 Å². The van der Waals surface area contributed by atoms with E-state index in [1.54, 1.807) is 12.1 Å². The maximum Gasteiger partial charge on any atom is 0.315 e. The molecule has 0 saturated heterocycles. The zero-order valence-electron chi connectivity index (χ0n) is 13.7. The molecule has 0 bridgehead atoms. The average Bonchev–Trinajstić information content (AvgIpc) is 2.59. The topological polar surface area (TPSA) is 96.3 Å². The molecule has 2 rings (SSSR count). The van der Waals surface area contributed by atoms with Crippen LogP contribution >= 0.6 is 15.9 Å². The fourth-order valence-electron chi connectivity index (χ4n) is 2.24. The van der Waals surface area contributed by atoms with Gasteiger partial charge >= 0.3 is 6.03 Å². The normalized spacial score (nSPS) is 11.4. The molecule has 2 aromatic carbocycles. The molecule has 0 fully saturated rings. The van der Waals surface area contributed by atoms with Crippen LogP contribution in [0.2, 0.25) is 0 Å². The Morgan fingerprint density at radius 2 is 1.84 bits per heavy atom. The lowest BCUT2D eigenvalue weighted by atomic mass is 10.1. The predicted octanol–water partition coefficient (Wildman–Crippen LogP) is 3.83. The Kier molecular flexibility index (Phi) is 6.76. The zero-order chi connectivity index (χ0) is 18.2. The number of urea groups is 1. The number of carbonyl (C=O) groups is 1. The van der Waals surface area contributed by atoms with E-state index in [-0.39, 0.29) is 17.8 Å². The third-order valence-corrected chi connectivity index (χ3v) is 4.26. The molecule has 25 heavy (non-hydrogen) atoms. The predicted molar refractivity (Wildman–Crippen MR) is 101 cm³/mol. The molecule has 0 aliphatic rings. The molecule has 8 heteroatoms.